The third-order valence-electron chi connectivity index (χ3n) is 5.45. The van der Waals surface area contributed by atoms with E-state index in [1.807, 2.05) is 93.6 Å². The minimum atomic E-state index is -3.67. The molecule has 0 aliphatic rings. The SMILES string of the molecule is COc1ccc2cc(Oc3ccc(C(=O)c4ccc(C)c(C)c4)cc3C)ccc2c1.CS(=O)(=O)O. The van der Waals surface area contributed by atoms with Crippen molar-refractivity contribution in [2.24, 2.45) is 0 Å². The number of ketones is 1. The van der Waals surface area contributed by atoms with Crippen LogP contribution in [0.1, 0.15) is 32.6 Å². The van der Waals surface area contributed by atoms with E-state index in [4.69, 9.17) is 14.0 Å². The molecule has 4 aromatic carbocycles. The zero-order valence-electron chi connectivity index (χ0n) is 20.3. The summed E-state index contributed by atoms with van der Waals surface area (Å²) in [6.07, 6.45) is 0.715. The number of methoxy groups -OCH3 is 1. The van der Waals surface area contributed by atoms with Crippen LogP contribution in [0.3, 0.4) is 0 Å². The lowest BCUT2D eigenvalue weighted by atomic mass is 9.98. The van der Waals surface area contributed by atoms with E-state index in [1.54, 1.807) is 7.11 Å². The molecule has 4 aromatic rings. The summed E-state index contributed by atoms with van der Waals surface area (Å²) in [6.45, 7) is 6.02. The molecule has 0 aliphatic carbocycles. The number of fused-ring (bicyclic) bond motifs is 1. The second kappa shape index (κ2) is 10.7. The molecule has 6 nitrogen and oxygen atoms in total. The fourth-order valence-electron chi connectivity index (χ4n) is 3.47. The van der Waals surface area contributed by atoms with E-state index in [0.29, 0.717) is 17.4 Å². The topological polar surface area (TPSA) is 89.9 Å². The Morgan fingerprint density at radius 2 is 1.23 bits per heavy atom. The monoisotopic (exact) mass is 492 g/mol. The average Bonchev–Trinajstić information content (AvgIpc) is 2.80. The van der Waals surface area contributed by atoms with Gasteiger partial charge in [0.2, 0.25) is 0 Å². The Morgan fingerprint density at radius 3 is 1.77 bits per heavy atom. The standard InChI is InChI=1S/C27H24O3.CH4O3S/c1-17-5-6-22(13-18(17)2)27(28)23-9-12-26(19(3)14-23)30-25-11-8-20-15-24(29-4)10-7-21(20)16-25;1-5(2,3)4/h5-16H,1-4H3;1H3,(H,2,3,4). The first-order valence-corrected chi connectivity index (χ1v) is 12.7. The molecule has 4 rings (SSSR count). The molecule has 0 unspecified atom stereocenters. The van der Waals surface area contributed by atoms with E-state index in [-0.39, 0.29) is 5.78 Å². The second-order valence-corrected chi connectivity index (χ2v) is 9.78. The van der Waals surface area contributed by atoms with Gasteiger partial charge in [-0.1, -0.05) is 24.3 Å². The Balaban J connectivity index is 0.000000623. The molecule has 0 saturated heterocycles. The van der Waals surface area contributed by atoms with Crippen molar-refractivity contribution < 1.29 is 27.2 Å². The molecule has 0 bridgehead atoms. The fourth-order valence-corrected chi connectivity index (χ4v) is 3.47. The maximum Gasteiger partial charge on any atom is 0.261 e. The molecule has 0 aliphatic heterocycles. The molecule has 0 saturated carbocycles. The van der Waals surface area contributed by atoms with E-state index < -0.39 is 10.1 Å². The molecule has 0 fully saturated rings. The van der Waals surface area contributed by atoms with Crippen molar-refractivity contribution in [2.45, 2.75) is 20.8 Å². The van der Waals surface area contributed by atoms with Gasteiger partial charge < -0.3 is 9.47 Å². The molecule has 0 amide bonds. The summed E-state index contributed by atoms with van der Waals surface area (Å²) in [5.74, 6) is 2.34. The molecule has 0 spiro atoms. The van der Waals surface area contributed by atoms with Gasteiger partial charge in [0.1, 0.15) is 17.2 Å². The molecule has 0 heterocycles. The summed E-state index contributed by atoms with van der Waals surface area (Å²) < 4.78 is 37.3. The first-order valence-electron chi connectivity index (χ1n) is 10.9. The molecule has 7 heteroatoms. The number of carbonyl (C=O) groups is 1. The molecule has 35 heavy (non-hydrogen) atoms. The number of rotatable bonds is 5. The lowest BCUT2D eigenvalue weighted by molar-refractivity contribution is 0.103. The summed E-state index contributed by atoms with van der Waals surface area (Å²) in [7, 11) is -2.00. The third kappa shape index (κ3) is 7.15. The number of ether oxygens (including phenoxy) is 2. The van der Waals surface area contributed by atoms with Crippen LogP contribution >= 0.6 is 0 Å². The van der Waals surface area contributed by atoms with Crippen molar-refractivity contribution in [2.75, 3.05) is 13.4 Å². The van der Waals surface area contributed by atoms with Gasteiger partial charge in [0.25, 0.3) is 10.1 Å². The van der Waals surface area contributed by atoms with Gasteiger partial charge in [-0.15, -0.1) is 0 Å². The Morgan fingerprint density at radius 1 is 0.714 bits per heavy atom. The quantitative estimate of drug-likeness (QED) is 0.260. The van der Waals surface area contributed by atoms with E-state index in [1.165, 1.54) is 5.56 Å². The van der Waals surface area contributed by atoms with Gasteiger partial charge in [-0.05, 0) is 96.8 Å². The molecule has 1 N–H and O–H groups in total. The number of hydrogen-bond donors (Lipinski definition) is 1. The van der Waals surface area contributed by atoms with Crippen LogP contribution in [-0.4, -0.2) is 32.1 Å². The van der Waals surface area contributed by atoms with Crippen LogP contribution in [0.2, 0.25) is 0 Å². The molecular weight excluding hydrogens is 464 g/mol. The van der Waals surface area contributed by atoms with Crippen LogP contribution in [0, 0.1) is 20.8 Å². The van der Waals surface area contributed by atoms with E-state index >= 15 is 0 Å². The molecule has 182 valence electrons. The zero-order chi connectivity index (χ0) is 25.8. The number of benzene rings is 4. The smallest absolute Gasteiger partial charge is 0.261 e. The van der Waals surface area contributed by atoms with Gasteiger partial charge >= 0.3 is 0 Å². The highest BCUT2D eigenvalue weighted by Crippen LogP contribution is 2.30. The van der Waals surface area contributed by atoms with Crippen molar-refractivity contribution in [3.8, 4) is 17.2 Å². The normalized spacial score (nSPS) is 10.9. The minimum absolute atomic E-state index is 0.0207. The highest BCUT2D eigenvalue weighted by molar-refractivity contribution is 7.85. The predicted molar refractivity (Wildman–Crippen MR) is 139 cm³/mol. The number of hydrogen-bond acceptors (Lipinski definition) is 5. The molecule has 0 atom stereocenters. The minimum Gasteiger partial charge on any atom is -0.497 e. The van der Waals surface area contributed by atoms with Crippen molar-refractivity contribution in [3.05, 3.63) is 101 Å². The van der Waals surface area contributed by atoms with Gasteiger partial charge in [0.15, 0.2) is 5.78 Å². The fraction of sp³-hybridized carbons (Fsp3) is 0.179. The third-order valence-corrected chi connectivity index (χ3v) is 5.45. The van der Waals surface area contributed by atoms with Crippen LogP contribution in [0.5, 0.6) is 17.2 Å². The second-order valence-electron chi connectivity index (χ2n) is 8.32. The van der Waals surface area contributed by atoms with Gasteiger partial charge in [-0.3, -0.25) is 9.35 Å². The lowest BCUT2D eigenvalue weighted by Crippen LogP contribution is -2.03. The Bertz CT molecular complexity index is 1480. The van der Waals surface area contributed by atoms with E-state index in [9.17, 15) is 13.2 Å². The Hall–Kier alpha value is -3.68. The maximum atomic E-state index is 12.9. The highest BCUT2D eigenvalue weighted by atomic mass is 32.2. The average molecular weight is 493 g/mol. The summed E-state index contributed by atoms with van der Waals surface area (Å²) in [5, 5.41) is 2.17. The van der Waals surface area contributed by atoms with Crippen LogP contribution < -0.4 is 9.47 Å². The van der Waals surface area contributed by atoms with Gasteiger partial charge in [0, 0.05) is 11.1 Å². The Labute approximate surface area is 205 Å². The van der Waals surface area contributed by atoms with Crippen LogP contribution in [-0.2, 0) is 10.1 Å². The van der Waals surface area contributed by atoms with Crippen molar-refractivity contribution in [1.29, 1.82) is 0 Å². The van der Waals surface area contributed by atoms with Crippen LogP contribution in [0.25, 0.3) is 10.8 Å². The van der Waals surface area contributed by atoms with Crippen molar-refractivity contribution >= 4 is 26.7 Å². The summed E-state index contributed by atoms with van der Waals surface area (Å²) in [6, 6.07) is 23.3. The summed E-state index contributed by atoms with van der Waals surface area (Å²) >= 11 is 0. The molecular formula is C28H28O6S. The van der Waals surface area contributed by atoms with Crippen LogP contribution in [0.15, 0.2) is 72.8 Å². The largest absolute Gasteiger partial charge is 0.497 e. The Kier molecular flexibility index (Phi) is 7.94. The van der Waals surface area contributed by atoms with Gasteiger partial charge in [-0.2, -0.15) is 8.42 Å². The summed E-state index contributed by atoms with van der Waals surface area (Å²) in [5.41, 5.74) is 4.58. The first kappa shape index (κ1) is 25.9. The van der Waals surface area contributed by atoms with Crippen LogP contribution in [0.4, 0.5) is 0 Å². The predicted octanol–water partition coefficient (Wildman–Crippen LogP) is 6.30. The zero-order valence-corrected chi connectivity index (χ0v) is 21.1. The van der Waals surface area contributed by atoms with E-state index in [2.05, 4.69) is 0 Å². The first-order chi connectivity index (χ1) is 16.4. The highest BCUT2D eigenvalue weighted by Gasteiger charge is 2.12. The van der Waals surface area contributed by atoms with E-state index in [0.717, 1.165) is 39.1 Å². The van der Waals surface area contributed by atoms with Crippen molar-refractivity contribution in [3.63, 3.8) is 0 Å². The van der Waals surface area contributed by atoms with Gasteiger partial charge in [0.05, 0.1) is 13.4 Å². The molecule has 0 aromatic heterocycles. The number of carbonyl (C=O) groups excluding carboxylic acids is 1. The maximum absolute atomic E-state index is 12.9. The molecule has 0 radical (unpaired) electrons. The van der Waals surface area contributed by atoms with Gasteiger partial charge in [-0.25, -0.2) is 0 Å². The lowest BCUT2D eigenvalue weighted by Gasteiger charge is -2.12. The summed E-state index contributed by atoms with van der Waals surface area (Å²) in [4.78, 5) is 12.9. The van der Waals surface area contributed by atoms with Crippen molar-refractivity contribution in [1.82, 2.24) is 0 Å². The number of aryl methyl sites for hydroxylation is 3.